The average Bonchev–Trinajstić information content (AvgIpc) is 2.78. The van der Waals surface area contributed by atoms with Crippen molar-refractivity contribution in [3.8, 4) is 11.5 Å². The molecule has 1 saturated heterocycles. The summed E-state index contributed by atoms with van der Waals surface area (Å²) in [5.74, 6) is -0.374. The summed E-state index contributed by atoms with van der Waals surface area (Å²) in [4.78, 5) is 29.0. The third-order valence-corrected chi connectivity index (χ3v) is 5.31. The van der Waals surface area contributed by atoms with Crippen molar-refractivity contribution in [2.45, 2.75) is 26.4 Å². The molecular weight excluding hydrogens is 406 g/mol. The third kappa shape index (κ3) is 5.13. The molecule has 0 atom stereocenters. The molecule has 8 heteroatoms. The van der Waals surface area contributed by atoms with Crippen LogP contribution in [0.1, 0.15) is 46.0 Å². The van der Waals surface area contributed by atoms with Gasteiger partial charge in [-0.2, -0.15) is 8.78 Å². The number of carbonyl (C=O) groups excluding carboxylic acids is 2. The zero-order valence-electron chi connectivity index (χ0n) is 17.8. The fourth-order valence-electron chi connectivity index (χ4n) is 3.53. The fourth-order valence-corrected chi connectivity index (χ4v) is 3.53. The van der Waals surface area contributed by atoms with Crippen LogP contribution in [-0.4, -0.2) is 61.5 Å². The van der Waals surface area contributed by atoms with Crippen LogP contribution in [0.4, 0.5) is 8.78 Å². The molecule has 0 unspecified atom stereocenters. The molecule has 2 aromatic carbocycles. The molecule has 31 heavy (non-hydrogen) atoms. The number of nitrogens with zero attached hydrogens (tertiary/aromatic N) is 2. The SMILES string of the molecule is COc1cccc(C(=O)N2CCN(C(=O)c3ccc(C(C)C)cc3)CC2)c1OC(F)F. The molecule has 3 rings (SSSR count). The summed E-state index contributed by atoms with van der Waals surface area (Å²) >= 11 is 0. The van der Waals surface area contributed by atoms with Gasteiger partial charge in [-0.25, -0.2) is 0 Å². The first-order chi connectivity index (χ1) is 14.8. The van der Waals surface area contributed by atoms with E-state index in [0.29, 0.717) is 37.7 Å². The maximum absolute atomic E-state index is 13.0. The summed E-state index contributed by atoms with van der Waals surface area (Å²) in [5, 5.41) is 0. The highest BCUT2D eigenvalue weighted by Crippen LogP contribution is 2.33. The van der Waals surface area contributed by atoms with Crippen molar-refractivity contribution >= 4 is 11.8 Å². The lowest BCUT2D eigenvalue weighted by molar-refractivity contribution is -0.0517. The summed E-state index contributed by atoms with van der Waals surface area (Å²) in [5.41, 5.74) is 1.76. The van der Waals surface area contributed by atoms with E-state index in [9.17, 15) is 18.4 Å². The molecule has 1 aliphatic rings. The number of piperazine rings is 1. The minimum absolute atomic E-state index is 0.00343. The number of hydrogen-bond donors (Lipinski definition) is 0. The van der Waals surface area contributed by atoms with Crippen molar-refractivity contribution < 1.29 is 27.8 Å². The van der Waals surface area contributed by atoms with Crippen LogP contribution in [0.2, 0.25) is 0 Å². The van der Waals surface area contributed by atoms with Gasteiger partial charge in [0.15, 0.2) is 11.5 Å². The Morgan fingerprint density at radius 1 is 0.903 bits per heavy atom. The number of hydrogen-bond acceptors (Lipinski definition) is 4. The molecule has 0 radical (unpaired) electrons. The number of carbonyl (C=O) groups is 2. The topological polar surface area (TPSA) is 59.1 Å². The third-order valence-electron chi connectivity index (χ3n) is 5.31. The van der Waals surface area contributed by atoms with Crippen molar-refractivity contribution in [3.63, 3.8) is 0 Å². The normalized spacial score (nSPS) is 14.2. The van der Waals surface area contributed by atoms with Crippen molar-refractivity contribution in [1.29, 1.82) is 0 Å². The Bertz CT molecular complexity index is 924. The van der Waals surface area contributed by atoms with E-state index in [1.807, 2.05) is 24.3 Å². The largest absolute Gasteiger partial charge is 0.493 e. The molecule has 6 nitrogen and oxygen atoms in total. The van der Waals surface area contributed by atoms with E-state index in [1.165, 1.54) is 24.1 Å². The maximum Gasteiger partial charge on any atom is 0.387 e. The number of halogens is 2. The first-order valence-corrected chi connectivity index (χ1v) is 10.1. The minimum atomic E-state index is -3.08. The molecule has 2 aromatic rings. The Morgan fingerprint density at radius 3 is 2.00 bits per heavy atom. The molecule has 1 fully saturated rings. The molecule has 1 aliphatic heterocycles. The molecule has 166 valence electrons. The number of ether oxygens (including phenoxy) is 2. The summed E-state index contributed by atoms with van der Waals surface area (Å²) in [6, 6.07) is 12.0. The summed E-state index contributed by atoms with van der Waals surface area (Å²) in [6.07, 6.45) is 0. The van der Waals surface area contributed by atoms with Gasteiger partial charge in [-0.3, -0.25) is 9.59 Å². The predicted octanol–water partition coefficient (Wildman–Crippen LogP) is 4.02. The van der Waals surface area contributed by atoms with Crippen LogP contribution in [0.5, 0.6) is 11.5 Å². The lowest BCUT2D eigenvalue weighted by atomic mass is 10.0. The van der Waals surface area contributed by atoms with Crippen LogP contribution < -0.4 is 9.47 Å². The highest BCUT2D eigenvalue weighted by molar-refractivity contribution is 5.98. The fraction of sp³-hybridized carbons (Fsp3) is 0.391. The Morgan fingerprint density at radius 2 is 1.48 bits per heavy atom. The van der Waals surface area contributed by atoms with Gasteiger partial charge in [-0.1, -0.05) is 32.0 Å². The smallest absolute Gasteiger partial charge is 0.387 e. The molecule has 0 spiro atoms. The van der Waals surface area contributed by atoms with E-state index >= 15 is 0 Å². The van der Waals surface area contributed by atoms with Gasteiger partial charge in [0.2, 0.25) is 0 Å². The second-order valence-corrected chi connectivity index (χ2v) is 7.58. The van der Waals surface area contributed by atoms with Gasteiger partial charge >= 0.3 is 6.61 Å². The van der Waals surface area contributed by atoms with Crippen LogP contribution in [0, 0.1) is 0 Å². The highest BCUT2D eigenvalue weighted by Gasteiger charge is 2.29. The number of para-hydroxylation sites is 1. The van der Waals surface area contributed by atoms with Crippen LogP contribution in [-0.2, 0) is 0 Å². The molecule has 0 saturated carbocycles. The predicted molar refractivity (Wildman–Crippen MR) is 112 cm³/mol. The Balaban J connectivity index is 1.68. The van der Waals surface area contributed by atoms with Gasteiger partial charge in [0.25, 0.3) is 11.8 Å². The standard InChI is InChI=1S/C23H26F2N2O4/c1-15(2)16-7-9-17(10-8-16)21(28)26-11-13-27(14-12-26)22(29)18-5-4-6-19(30-3)20(18)31-23(24)25/h4-10,15,23H,11-14H2,1-3H3. The number of benzene rings is 2. The molecular formula is C23H26F2N2O4. The number of alkyl halides is 2. The zero-order chi connectivity index (χ0) is 22.5. The molecule has 2 amide bonds. The van der Waals surface area contributed by atoms with E-state index < -0.39 is 12.5 Å². The van der Waals surface area contributed by atoms with Crippen LogP contribution in [0.15, 0.2) is 42.5 Å². The van der Waals surface area contributed by atoms with Gasteiger partial charge in [0.05, 0.1) is 12.7 Å². The molecule has 0 aliphatic carbocycles. The van der Waals surface area contributed by atoms with Crippen LogP contribution in [0.3, 0.4) is 0 Å². The van der Waals surface area contributed by atoms with E-state index in [0.717, 1.165) is 5.56 Å². The van der Waals surface area contributed by atoms with Crippen molar-refractivity contribution in [2.24, 2.45) is 0 Å². The number of amides is 2. The molecule has 0 bridgehead atoms. The average molecular weight is 432 g/mol. The number of methoxy groups -OCH3 is 1. The van der Waals surface area contributed by atoms with Crippen LogP contribution in [0.25, 0.3) is 0 Å². The number of rotatable bonds is 6. The summed E-state index contributed by atoms with van der Waals surface area (Å²) < 4.78 is 35.3. The molecule has 0 N–H and O–H groups in total. The Labute approximate surface area is 180 Å². The molecule has 1 heterocycles. The Hall–Kier alpha value is -3.16. The zero-order valence-corrected chi connectivity index (χ0v) is 17.8. The maximum atomic E-state index is 13.0. The van der Waals surface area contributed by atoms with E-state index in [1.54, 1.807) is 11.0 Å². The summed E-state index contributed by atoms with van der Waals surface area (Å²) in [6.45, 7) is 2.39. The van der Waals surface area contributed by atoms with Gasteiger partial charge in [-0.15, -0.1) is 0 Å². The van der Waals surface area contributed by atoms with Crippen molar-refractivity contribution in [1.82, 2.24) is 9.80 Å². The molecule has 0 aromatic heterocycles. The lowest BCUT2D eigenvalue weighted by Crippen LogP contribution is -2.50. The van der Waals surface area contributed by atoms with Crippen molar-refractivity contribution in [3.05, 3.63) is 59.2 Å². The van der Waals surface area contributed by atoms with Crippen LogP contribution >= 0.6 is 0 Å². The van der Waals surface area contributed by atoms with Gasteiger partial charge in [0, 0.05) is 31.7 Å². The van der Waals surface area contributed by atoms with E-state index in [2.05, 4.69) is 18.6 Å². The lowest BCUT2D eigenvalue weighted by Gasteiger charge is -2.35. The monoisotopic (exact) mass is 432 g/mol. The minimum Gasteiger partial charge on any atom is -0.493 e. The highest BCUT2D eigenvalue weighted by atomic mass is 19.3. The second kappa shape index (κ2) is 9.76. The van der Waals surface area contributed by atoms with Gasteiger partial charge in [0.1, 0.15) is 0 Å². The van der Waals surface area contributed by atoms with Gasteiger partial charge < -0.3 is 19.3 Å². The van der Waals surface area contributed by atoms with Crippen molar-refractivity contribution in [2.75, 3.05) is 33.3 Å². The first kappa shape index (κ1) is 22.5. The van der Waals surface area contributed by atoms with Gasteiger partial charge in [-0.05, 0) is 35.7 Å². The second-order valence-electron chi connectivity index (χ2n) is 7.58. The Kier molecular flexibility index (Phi) is 7.09. The van der Waals surface area contributed by atoms with E-state index in [-0.39, 0.29) is 23.0 Å². The first-order valence-electron chi connectivity index (χ1n) is 10.1. The van der Waals surface area contributed by atoms with E-state index in [4.69, 9.17) is 4.74 Å². The quantitative estimate of drug-likeness (QED) is 0.692. The summed E-state index contributed by atoms with van der Waals surface area (Å²) in [7, 11) is 1.32.